The molecule has 4 rings (SSSR count). The molecule has 0 bridgehead atoms. The van der Waals surface area contributed by atoms with Gasteiger partial charge in [-0.1, -0.05) is 49.4 Å². The molecule has 0 aliphatic heterocycles. The molecule has 3 aromatic carbocycles. The highest BCUT2D eigenvalue weighted by atomic mass is 32.2. The SMILES string of the molecule is CCSc1ccccc1.Nc1cc(S(=O)(=O)O)c(N)c2c1C(=O)c1ccccc1C2=O.O=S(=O)(O)CCCS. The summed E-state index contributed by atoms with van der Waals surface area (Å²) in [6, 6.07) is 17.4. The number of hydrogen-bond acceptors (Lipinski definition) is 10. The Hall–Kier alpha value is -2.88. The van der Waals surface area contributed by atoms with Crippen LogP contribution in [0.15, 0.2) is 70.5 Å². The van der Waals surface area contributed by atoms with Crippen molar-refractivity contribution in [1.29, 1.82) is 0 Å². The van der Waals surface area contributed by atoms with Crippen LogP contribution in [0.25, 0.3) is 0 Å². The van der Waals surface area contributed by atoms with E-state index in [1.807, 2.05) is 17.8 Å². The average Bonchev–Trinajstić information content (AvgIpc) is 2.87. The molecular weight excluding hydrogens is 585 g/mol. The molecule has 1 aliphatic carbocycles. The van der Waals surface area contributed by atoms with Crippen LogP contribution in [0.3, 0.4) is 0 Å². The number of nitrogens with two attached hydrogens (primary N) is 2. The maximum atomic E-state index is 12.5. The molecule has 0 saturated heterocycles. The highest BCUT2D eigenvalue weighted by Gasteiger charge is 2.35. The zero-order valence-corrected chi connectivity index (χ0v) is 24.1. The molecule has 1 aliphatic rings. The minimum absolute atomic E-state index is 0.110. The Balaban J connectivity index is 0.000000258. The fourth-order valence-corrected chi connectivity index (χ4v) is 5.69. The van der Waals surface area contributed by atoms with Gasteiger partial charge in [0.1, 0.15) is 4.90 Å². The van der Waals surface area contributed by atoms with Crippen LogP contribution in [0.1, 0.15) is 45.2 Å². The van der Waals surface area contributed by atoms with Crippen molar-refractivity contribution in [1.82, 2.24) is 0 Å². The molecule has 0 radical (unpaired) electrons. The summed E-state index contributed by atoms with van der Waals surface area (Å²) in [5, 5.41) is 0. The van der Waals surface area contributed by atoms with Crippen LogP contribution >= 0.6 is 24.4 Å². The molecule has 10 nitrogen and oxygen atoms in total. The monoisotopic (exact) mass is 612 g/mol. The molecule has 14 heteroatoms. The Morgan fingerprint density at radius 1 is 0.846 bits per heavy atom. The Kier molecular flexibility index (Phi) is 11.6. The van der Waals surface area contributed by atoms with E-state index in [-0.39, 0.29) is 33.7 Å². The number of anilines is 2. The van der Waals surface area contributed by atoms with E-state index >= 15 is 0 Å². The van der Waals surface area contributed by atoms with Crippen molar-refractivity contribution < 1.29 is 35.5 Å². The zero-order valence-electron chi connectivity index (χ0n) is 20.8. The molecule has 0 atom stereocenters. The van der Waals surface area contributed by atoms with Gasteiger partial charge < -0.3 is 11.5 Å². The molecule has 0 heterocycles. The second-order valence-corrected chi connectivity index (χ2v) is 12.7. The molecule has 0 amide bonds. The van der Waals surface area contributed by atoms with E-state index in [0.717, 1.165) is 11.8 Å². The van der Waals surface area contributed by atoms with Crippen molar-refractivity contribution in [3.8, 4) is 0 Å². The second kappa shape index (κ2) is 14.0. The summed E-state index contributed by atoms with van der Waals surface area (Å²) in [6.45, 7) is 2.16. The lowest BCUT2D eigenvalue weighted by atomic mass is 9.82. The predicted molar refractivity (Wildman–Crippen MR) is 156 cm³/mol. The van der Waals surface area contributed by atoms with E-state index in [1.165, 1.54) is 17.0 Å². The lowest BCUT2D eigenvalue weighted by molar-refractivity contribution is 0.0980. The first-order valence-electron chi connectivity index (χ1n) is 11.3. The number of nitrogen functional groups attached to an aromatic ring is 2. The first-order chi connectivity index (χ1) is 18.2. The smallest absolute Gasteiger partial charge is 0.296 e. The van der Waals surface area contributed by atoms with Gasteiger partial charge in [-0.15, -0.1) is 11.8 Å². The maximum absolute atomic E-state index is 12.5. The fourth-order valence-electron chi connectivity index (χ4n) is 3.47. The summed E-state index contributed by atoms with van der Waals surface area (Å²) in [4.78, 5) is 25.7. The van der Waals surface area contributed by atoms with Crippen molar-refractivity contribution in [3.05, 3.63) is 82.9 Å². The Bertz CT molecular complexity index is 1560. The van der Waals surface area contributed by atoms with Crippen LogP contribution < -0.4 is 11.5 Å². The van der Waals surface area contributed by atoms with Crippen molar-refractivity contribution in [2.75, 3.05) is 28.7 Å². The van der Waals surface area contributed by atoms with Gasteiger partial charge >= 0.3 is 0 Å². The summed E-state index contributed by atoms with van der Waals surface area (Å²) < 4.78 is 59.8. The van der Waals surface area contributed by atoms with Crippen LogP contribution in [-0.4, -0.2) is 54.8 Å². The molecular formula is C25H28N2O8S4. The van der Waals surface area contributed by atoms with Gasteiger partial charge in [0.2, 0.25) is 0 Å². The number of carbonyl (C=O) groups is 2. The Labute approximate surface area is 237 Å². The van der Waals surface area contributed by atoms with E-state index in [0.29, 0.717) is 12.2 Å². The molecule has 6 N–H and O–H groups in total. The summed E-state index contributed by atoms with van der Waals surface area (Å²) >= 11 is 5.63. The van der Waals surface area contributed by atoms with Gasteiger partial charge in [-0.3, -0.25) is 18.7 Å². The van der Waals surface area contributed by atoms with Crippen LogP contribution in [0.5, 0.6) is 0 Å². The maximum Gasteiger partial charge on any atom is 0.296 e. The van der Waals surface area contributed by atoms with Crippen LogP contribution in [0.2, 0.25) is 0 Å². The van der Waals surface area contributed by atoms with Crippen LogP contribution in [-0.2, 0) is 20.2 Å². The van der Waals surface area contributed by atoms with E-state index < -0.39 is 42.4 Å². The van der Waals surface area contributed by atoms with E-state index in [2.05, 4.69) is 43.8 Å². The lowest BCUT2D eigenvalue weighted by Crippen LogP contribution is -2.25. The van der Waals surface area contributed by atoms with E-state index in [1.54, 1.807) is 12.1 Å². The third kappa shape index (κ3) is 8.81. The largest absolute Gasteiger partial charge is 0.398 e. The molecule has 210 valence electrons. The molecule has 0 saturated carbocycles. The fraction of sp³-hybridized carbons (Fsp3) is 0.200. The second-order valence-electron chi connectivity index (χ2n) is 7.92. The van der Waals surface area contributed by atoms with Crippen LogP contribution in [0, 0.1) is 0 Å². The summed E-state index contributed by atoms with van der Waals surface area (Å²) in [7, 11) is -8.41. The number of benzene rings is 3. The van der Waals surface area contributed by atoms with E-state index in [4.69, 9.17) is 16.0 Å². The number of ketones is 2. The van der Waals surface area contributed by atoms with E-state index in [9.17, 15) is 31.0 Å². The molecule has 39 heavy (non-hydrogen) atoms. The molecule has 0 aromatic heterocycles. The van der Waals surface area contributed by atoms with Crippen molar-refractivity contribution >= 4 is 67.6 Å². The first kappa shape index (κ1) is 32.3. The zero-order chi connectivity index (χ0) is 29.4. The van der Waals surface area contributed by atoms with Gasteiger partial charge in [0.05, 0.1) is 22.6 Å². The lowest BCUT2D eigenvalue weighted by Gasteiger charge is -2.21. The number of carbonyl (C=O) groups excluding carboxylic acids is 2. The van der Waals surface area contributed by atoms with Crippen LogP contribution in [0.4, 0.5) is 11.4 Å². The quantitative estimate of drug-likeness (QED) is 0.0918. The standard InChI is InChI=1S/C14H10N2O5S.C8H10S.C3H8O3S2/c15-8-5-9(22(19,20)21)12(16)11-10(8)13(17)6-3-1-2-4-7(6)14(11)18;1-2-9-8-6-4-3-5-7-8;4-8(5,6)3-1-2-7/h1-5H,15-16H2,(H,19,20,21);3-7H,2H2,1H3;7H,1-3H2,(H,4,5,6). The number of rotatable bonds is 6. The minimum Gasteiger partial charge on any atom is -0.398 e. The highest BCUT2D eigenvalue weighted by Crippen LogP contribution is 2.37. The number of fused-ring (bicyclic) bond motifs is 2. The van der Waals surface area contributed by atoms with Gasteiger partial charge in [-0.25, -0.2) is 0 Å². The topological polar surface area (TPSA) is 195 Å². The van der Waals surface area contributed by atoms with Gasteiger partial charge in [0.15, 0.2) is 11.6 Å². The number of thioether (sulfide) groups is 1. The van der Waals surface area contributed by atoms with Gasteiger partial charge in [-0.05, 0) is 36.1 Å². The summed E-state index contributed by atoms with van der Waals surface area (Å²) in [6.07, 6.45) is 0.405. The normalized spacial score (nSPS) is 12.3. The third-order valence-corrected chi connectivity index (χ3v) is 8.03. The number of thiol groups is 1. The van der Waals surface area contributed by atoms with Gasteiger partial charge in [-0.2, -0.15) is 29.5 Å². The highest BCUT2D eigenvalue weighted by molar-refractivity contribution is 7.99. The van der Waals surface area contributed by atoms with Crippen molar-refractivity contribution in [2.45, 2.75) is 23.1 Å². The molecule has 0 spiro atoms. The Morgan fingerprint density at radius 3 is 1.79 bits per heavy atom. The van der Waals surface area contributed by atoms with Crippen molar-refractivity contribution in [2.24, 2.45) is 0 Å². The first-order valence-corrected chi connectivity index (χ1v) is 16.0. The van der Waals surface area contributed by atoms with Gasteiger partial charge in [0.25, 0.3) is 20.2 Å². The predicted octanol–water partition coefficient (Wildman–Crippen LogP) is 3.87. The third-order valence-electron chi connectivity index (χ3n) is 5.12. The molecule has 3 aromatic rings. The Morgan fingerprint density at radius 2 is 1.36 bits per heavy atom. The van der Waals surface area contributed by atoms with Crippen molar-refractivity contribution in [3.63, 3.8) is 0 Å². The summed E-state index contributed by atoms with van der Waals surface area (Å²) in [5.41, 5.74) is 10.5. The van der Waals surface area contributed by atoms with Gasteiger partial charge in [0, 0.05) is 21.7 Å². The molecule has 0 fully saturated rings. The number of hydrogen-bond donors (Lipinski definition) is 5. The average molecular weight is 613 g/mol. The summed E-state index contributed by atoms with van der Waals surface area (Å²) in [5.74, 6) is 0.330. The molecule has 0 unspecified atom stereocenters. The minimum atomic E-state index is -4.68.